The van der Waals surface area contributed by atoms with Gasteiger partial charge in [0.15, 0.2) is 0 Å². The summed E-state index contributed by atoms with van der Waals surface area (Å²) in [6.45, 7) is 11.1. The van der Waals surface area contributed by atoms with E-state index in [0.29, 0.717) is 6.61 Å². The molecule has 0 aliphatic rings. The highest BCUT2D eigenvalue weighted by molar-refractivity contribution is 5.59. The quantitative estimate of drug-likeness (QED) is 0.510. The molecule has 0 saturated carbocycles. The molecule has 0 fully saturated rings. The normalized spacial score (nSPS) is 11.7. The van der Waals surface area contributed by atoms with Crippen molar-refractivity contribution in [3.8, 4) is 0 Å². The van der Waals surface area contributed by atoms with Crippen molar-refractivity contribution in [2.24, 2.45) is 11.3 Å². The summed E-state index contributed by atoms with van der Waals surface area (Å²) in [6.07, 6.45) is 2.86. The van der Waals surface area contributed by atoms with Crippen LogP contribution >= 0.6 is 0 Å². The monoisotopic (exact) mass is 259 g/mol. The van der Waals surface area contributed by atoms with Crippen molar-refractivity contribution >= 4 is 6.16 Å². The molecular formula is C14H29NO3. The van der Waals surface area contributed by atoms with Crippen molar-refractivity contribution in [2.75, 3.05) is 26.8 Å². The molecule has 0 atom stereocenters. The summed E-state index contributed by atoms with van der Waals surface area (Å²) in [4.78, 5) is 10.9. The van der Waals surface area contributed by atoms with E-state index >= 15 is 0 Å². The van der Waals surface area contributed by atoms with Crippen molar-refractivity contribution in [1.29, 1.82) is 0 Å². The summed E-state index contributed by atoms with van der Waals surface area (Å²) < 4.78 is 9.43. The maximum Gasteiger partial charge on any atom is 0.507 e. The summed E-state index contributed by atoms with van der Waals surface area (Å²) in [5.41, 5.74) is -0.0146. The summed E-state index contributed by atoms with van der Waals surface area (Å²) in [7, 11) is 1.33. The average Bonchev–Trinajstić information content (AvgIpc) is 2.30. The van der Waals surface area contributed by atoms with Crippen LogP contribution < -0.4 is 5.32 Å². The van der Waals surface area contributed by atoms with Gasteiger partial charge in [0.2, 0.25) is 0 Å². The lowest BCUT2D eigenvalue weighted by Crippen LogP contribution is -2.28. The Balaban J connectivity index is 3.54. The molecule has 0 heterocycles. The van der Waals surface area contributed by atoms with Gasteiger partial charge in [-0.3, -0.25) is 0 Å². The molecule has 4 heteroatoms. The Bertz CT molecular complexity index is 227. The molecule has 18 heavy (non-hydrogen) atoms. The lowest BCUT2D eigenvalue weighted by Gasteiger charge is -2.23. The minimum atomic E-state index is -0.604. The number of carbonyl (C=O) groups is 1. The van der Waals surface area contributed by atoms with Gasteiger partial charge >= 0.3 is 6.16 Å². The number of rotatable bonds is 9. The highest BCUT2D eigenvalue weighted by atomic mass is 16.7. The molecule has 0 saturated heterocycles. The van der Waals surface area contributed by atoms with Crippen LogP contribution in [0.25, 0.3) is 0 Å². The molecule has 0 radical (unpaired) electrons. The summed E-state index contributed by atoms with van der Waals surface area (Å²) in [5, 5.41) is 3.43. The largest absolute Gasteiger partial charge is 0.507 e. The van der Waals surface area contributed by atoms with E-state index in [2.05, 4.69) is 37.7 Å². The smallest absolute Gasteiger partial charge is 0.438 e. The van der Waals surface area contributed by atoms with E-state index in [-0.39, 0.29) is 5.41 Å². The SMILES string of the molecule is COC(=O)OCC(C)(C)CCNCCCC(C)C. The van der Waals surface area contributed by atoms with Crippen LogP contribution in [-0.4, -0.2) is 33.0 Å². The van der Waals surface area contributed by atoms with Crippen molar-refractivity contribution < 1.29 is 14.3 Å². The highest BCUT2D eigenvalue weighted by Crippen LogP contribution is 2.20. The van der Waals surface area contributed by atoms with E-state index < -0.39 is 6.16 Å². The summed E-state index contributed by atoms with van der Waals surface area (Å²) in [5.74, 6) is 0.775. The molecule has 4 nitrogen and oxygen atoms in total. The number of carbonyl (C=O) groups excluding carboxylic acids is 1. The predicted molar refractivity (Wildman–Crippen MR) is 73.7 cm³/mol. The maximum absolute atomic E-state index is 10.9. The molecule has 0 aromatic carbocycles. The van der Waals surface area contributed by atoms with Gasteiger partial charge in [-0.05, 0) is 38.3 Å². The standard InChI is InChI=1S/C14H29NO3/c1-12(2)7-6-9-15-10-8-14(3,4)11-18-13(16)17-5/h12,15H,6-11H2,1-5H3. The highest BCUT2D eigenvalue weighted by Gasteiger charge is 2.20. The Hall–Kier alpha value is -0.770. The van der Waals surface area contributed by atoms with Crippen LogP contribution in [0.4, 0.5) is 4.79 Å². The minimum Gasteiger partial charge on any atom is -0.438 e. The van der Waals surface area contributed by atoms with Gasteiger partial charge in [-0.25, -0.2) is 4.79 Å². The first-order chi connectivity index (χ1) is 8.37. The zero-order valence-electron chi connectivity index (χ0n) is 12.5. The van der Waals surface area contributed by atoms with E-state index in [1.165, 1.54) is 20.0 Å². The molecule has 108 valence electrons. The minimum absolute atomic E-state index is 0.0146. The molecular weight excluding hydrogens is 230 g/mol. The Morgan fingerprint density at radius 3 is 2.50 bits per heavy atom. The number of methoxy groups -OCH3 is 1. The van der Waals surface area contributed by atoms with Gasteiger partial charge in [0.05, 0.1) is 7.11 Å². The van der Waals surface area contributed by atoms with E-state index in [1.54, 1.807) is 0 Å². The van der Waals surface area contributed by atoms with Crippen LogP contribution in [0.1, 0.15) is 47.0 Å². The van der Waals surface area contributed by atoms with Crippen molar-refractivity contribution in [1.82, 2.24) is 5.32 Å². The molecule has 0 amide bonds. The van der Waals surface area contributed by atoms with Crippen LogP contribution in [0, 0.1) is 11.3 Å². The molecule has 0 aromatic rings. The fraction of sp³-hybridized carbons (Fsp3) is 0.929. The first-order valence-electron chi connectivity index (χ1n) is 6.79. The van der Waals surface area contributed by atoms with Crippen LogP contribution in [0.2, 0.25) is 0 Å². The average molecular weight is 259 g/mol. The predicted octanol–water partition coefficient (Wildman–Crippen LogP) is 3.21. The molecule has 0 spiro atoms. The van der Waals surface area contributed by atoms with Crippen molar-refractivity contribution in [3.63, 3.8) is 0 Å². The number of ether oxygens (including phenoxy) is 2. The molecule has 0 aliphatic carbocycles. The van der Waals surface area contributed by atoms with Crippen LogP contribution in [0.3, 0.4) is 0 Å². The Labute approximate surface area is 111 Å². The van der Waals surface area contributed by atoms with Gasteiger partial charge < -0.3 is 14.8 Å². The summed E-state index contributed by atoms with van der Waals surface area (Å²) >= 11 is 0. The molecule has 0 bridgehead atoms. The molecule has 0 rings (SSSR count). The maximum atomic E-state index is 10.9. The third-order valence-corrected chi connectivity index (χ3v) is 2.86. The molecule has 0 unspecified atom stereocenters. The van der Waals surface area contributed by atoms with Crippen molar-refractivity contribution in [3.05, 3.63) is 0 Å². The topological polar surface area (TPSA) is 47.6 Å². The Morgan fingerprint density at radius 2 is 1.94 bits per heavy atom. The van der Waals surface area contributed by atoms with Gasteiger partial charge in [0.1, 0.15) is 6.61 Å². The first-order valence-corrected chi connectivity index (χ1v) is 6.79. The van der Waals surface area contributed by atoms with Crippen LogP contribution in [0.15, 0.2) is 0 Å². The number of hydrogen-bond donors (Lipinski definition) is 1. The second-order valence-electron chi connectivity index (χ2n) is 5.94. The fourth-order valence-corrected chi connectivity index (χ4v) is 1.57. The zero-order valence-corrected chi connectivity index (χ0v) is 12.5. The number of nitrogens with one attached hydrogen (secondary N) is 1. The van der Waals surface area contributed by atoms with Crippen molar-refractivity contribution in [2.45, 2.75) is 47.0 Å². The third kappa shape index (κ3) is 10.4. The van der Waals surface area contributed by atoms with Gasteiger partial charge in [-0.2, -0.15) is 0 Å². The Kier molecular flexibility index (Phi) is 8.81. The van der Waals surface area contributed by atoms with Gasteiger partial charge in [0, 0.05) is 5.41 Å². The van der Waals surface area contributed by atoms with E-state index in [9.17, 15) is 4.79 Å². The van der Waals surface area contributed by atoms with E-state index in [1.807, 2.05) is 0 Å². The summed E-state index contributed by atoms with van der Waals surface area (Å²) in [6, 6.07) is 0. The zero-order chi connectivity index (χ0) is 14.0. The lowest BCUT2D eigenvalue weighted by atomic mass is 9.90. The van der Waals surface area contributed by atoms with Gasteiger partial charge in [-0.1, -0.05) is 27.7 Å². The molecule has 0 aliphatic heterocycles. The molecule has 1 N–H and O–H groups in total. The second kappa shape index (κ2) is 9.20. The van der Waals surface area contributed by atoms with E-state index in [4.69, 9.17) is 4.74 Å². The number of hydrogen-bond acceptors (Lipinski definition) is 4. The fourth-order valence-electron chi connectivity index (χ4n) is 1.57. The first kappa shape index (κ1) is 17.2. The second-order valence-corrected chi connectivity index (χ2v) is 5.94. The van der Waals surface area contributed by atoms with Crippen LogP contribution in [0.5, 0.6) is 0 Å². The van der Waals surface area contributed by atoms with E-state index in [0.717, 1.165) is 25.4 Å². The molecule has 0 aromatic heterocycles. The van der Waals surface area contributed by atoms with Gasteiger partial charge in [-0.15, -0.1) is 0 Å². The Morgan fingerprint density at radius 1 is 1.28 bits per heavy atom. The van der Waals surface area contributed by atoms with Gasteiger partial charge in [0.25, 0.3) is 0 Å². The van der Waals surface area contributed by atoms with Crippen LogP contribution in [-0.2, 0) is 9.47 Å². The lowest BCUT2D eigenvalue weighted by molar-refractivity contribution is 0.0406. The third-order valence-electron chi connectivity index (χ3n) is 2.86.